The van der Waals surface area contributed by atoms with Crippen LogP contribution >= 0.6 is 31.9 Å². The van der Waals surface area contributed by atoms with Gasteiger partial charge >= 0.3 is 5.97 Å². The van der Waals surface area contributed by atoms with E-state index in [4.69, 9.17) is 5.26 Å². The summed E-state index contributed by atoms with van der Waals surface area (Å²) < 4.78 is 1.34. The van der Waals surface area contributed by atoms with Crippen molar-refractivity contribution in [1.82, 2.24) is 4.98 Å². The Hall–Kier alpha value is -1.91. The van der Waals surface area contributed by atoms with Gasteiger partial charge in [-0.2, -0.15) is 5.26 Å². The number of aromatic carboxylic acids is 1. The summed E-state index contributed by atoms with van der Waals surface area (Å²) in [5.41, 5.74) is 0.900. The van der Waals surface area contributed by atoms with Crippen molar-refractivity contribution in [3.8, 4) is 6.07 Å². The summed E-state index contributed by atoms with van der Waals surface area (Å²) in [6.45, 7) is 0. The van der Waals surface area contributed by atoms with Crippen LogP contribution in [0.4, 0.5) is 11.5 Å². The Balaban J connectivity index is 2.48. The van der Waals surface area contributed by atoms with Gasteiger partial charge in [0.1, 0.15) is 17.5 Å². The first-order valence-electron chi connectivity index (χ1n) is 5.37. The Morgan fingerprint density at radius 3 is 2.70 bits per heavy atom. The number of nitrogens with zero attached hydrogens (tertiary/aromatic N) is 2. The molecule has 0 fully saturated rings. The highest BCUT2D eigenvalue weighted by Crippen LogP contribution is 2.26. The van der Waals surface area contributed by atoms with E-state index in [1.165, 1.54) is 12.3 Å². The van der Waals surface area contributed by atoms with Crippen molar-refractivity contribution >= 4 is 49.3 Å². The number of halogens is 2. The number of hydrogen-bond acceptors (Lipinski definition) is 4. The number of anilines is 2. The summed E-state index contributed by atoms with van der Waals surface area (Å²) in [6.07, 6.45) is 1.48. The lowest BCUT2D eigenvalue weighted by Crippen LogP contribution is -2.05. The van der Waals surface area contributed by atoms with Crippen molar-refractivity contribution < 1.29 is 9.90 Å². The second-order valence-corrected chi connectivity index (χ2v) is 5.61. The topological polar surface area (TPSA) is 86.0 Å². The van der Waals surface area contributed by atoms with E-state index in [1.54, 1.807) is 18.2 Å². The van der Waals surface area contributed by atoms with E-state index >= 15 is 0 Å². The van der Waals surface area contributed by atoms with Crippen molar-refractivity contribution in [2.24, 2.45) is 0 Å². The fraction of sp³-hybridized carbons (Fsp3) is 0. The molecule has 0 spiro atoms. The molecule has 20 heavy (non-hydrogen) atoms. The minimum Gasteiger partial charge on any atom is -0.478 e. The standard InChI is InChI=1S/C13H7Br2N3O2/c14-8-2-1-7(5-16)11(4-8)18-12-10(13(19)20)3-9(15)6-17-12/h1-4,6H,(H,17,18)(H,19,20). The molecule has 7 heteroatoms. The molecule has 0 bridgehead atoms. The Kier molecular flexibility index (Phi) is 4.37. The molecule has 0 atom stereocenters. The summed E-state index contributed by atoms with van der Waals surface area (Å²) in [5, 5.41) is 21.1. The lowest BCUT2D eigenvalue weighted by Gasteiger charge is -2.10. The molecular weight excluding hydrogens is 390 g/mol. The van der Waals surface area contributed by atoms with E-state index in [9.17, 15) is 9.90 Å². The predicted octanol–water partition coefficient (Wildman–Crippen LogP) is 3.92. The minimum atomic E-state index is -1.10. The Bertz CT molecular complexity index is 726. The number of rotatable bonds is 3. The molecule has 2 N–H and O–H groups in total. The Morgan fingerprint density at radius 2 is 2.05 bits per heavy atom. The van der Waals surface area contributed by atoms with Crippen LogP contribution in [0.1, 0.15) is 15.9 Å². The summed E-state index contributed by atoms with van der Waals surface area (Å²) in [5.74, 6) is -0.926. The van der Waals surface area contributed by atoms with Crippen molar-refractivity contribution in [3.63, 3.8) is 0 Å². The maximum atomic E-state index is 11.2. The molecule has 100 valence electrons. The second-order valence-electron chi connectivity index (χ2n) is 3.78. The number of carbonyl (C=O) groups is 1. The number of nitriles is 1. The predicted molar refractivity (Wildman–Crippen MR) is 81.0 cm³/mol. The molecule has 0 saturated heterocycles. The SMILES string of the molecule is N#Cc1ccc(Br)cc1Nc1ncc(Br)cc1C(=O)O. The van der Waals surface area contributed by atoms with Crippen LogP contribution in [-0.2, 0) is 0 Å². The fourth-order valence-electron chi connectivity index (χ4n) is 1.55. The molecule has 0 saturated carbocycles. The van der Waals surface area contributed by atoms with Crippen LogP contribution in [0.5, 0.6) is 0 Å². The summed E-state index contributed by atoms with van der Waals surface area (Å²) in [4.78, 5) is 15.2. The van der Waals surface area contributed by atoms with Crippen LogP contribution in [0.3, 0.4) is 0 Å². The number of hydrogen-bond donors (Lipinski definition) is 2. The quantitative estimate of drug-likeness (QED) is 0.820. The minimum absolute atomic E-state index is 0.0169. The smallest absolute Gasteiger partial charge is 0.339 e. The molecule has 1 aromatic carbocycles. The molecule has 0 unspecified atom stereocenters. The first-order chi connectivity index (χ1) is 9.51. The van der Waals surface area contributed by atoms with Crippen LogP contribution < -0.4 is 5.32 Å². The van der Waals surface area contributed by atoms with Gasteiger partial charge in [-0.15, -0.1) is 0 Å². The molecule has 0 aliphatic heterocycles. The zero-order valence-corrected chi connectivity index (χ0v) is 13.1. The number of nitrogens with one attached hydrogen (secondary N) is 1. The van der Waals surface area contributed by atoms with Gasteiger partial charge in [0.2, 0.25) is 0 Å². The van der Waals surface area contributed by atoms with Gasteiger partial charge in [0.15, 0.2) is 0 Å². The van der Waals surface area contributed by atoms with Gasteiger partial charge < -0.3 is 10.4 Å². The average molecular weight is 397 g/mol. The maximum absolute atomic E-state index is 11.2. The number of pyridine rings is 1. The largest absolute Gasteiger partial charge is 0.478 e. The lowest BCUT2D eigenvalue weighted by atomic mass is 10.2. The van der Waals surface area contributed by atoms with Crippen molar-refractivity contribution in [2.75, 3.05) is 5.32 Å². The summed E-state index contributed by atoms with van der Waals surface area (Å²) >= 11 is 6.48. The maximum Gasteiger partial charge on any atom is 0.339 e. The third-order valence-corrected chi connectivity index (χ3v) is 3.37. The van der Waals surface area contributed by atoms with Gasteiger partial charge in [-0.05, 0) is 40.2 Å². The van der Waals surface area contributed by atoms with E-state index in [1.807, 2.05) is 6.07 Å². The van der Waals surface area contributed by atoms with Crippen LogP contribution in [-0.4, -0.2) is 16.1 Å². The summed E-state index contributed by atoms with van der Waals surface area (Å²) in [6, 6.07) is 8.53. The van der Waals surface area contributed by atoms with E-state index in [0.717, 1.165) is 4.47 Å². The van der Waals surface area contributed by atoms with Crippen molar-refractivity contribution in [2.45, 2.75) is 0 Å². The van der Waals surface area contributed by atoms with Gasteiger partial charge in [0.05, 0.1) is 11.3 Å². The zero-order valence-electron chi connectivity index (χ0n) is 9.89. The van der Waals surface area contributed by atoms with Crippen LogP contribution in [0.15, 0.2) is 39.4 Å². The highest BCUT2D eigenvalue weighted by Gasteiger charge is 2.14. The molecule has 1 aromatic heterocycles. The molecule has 1 heterocycles. The Labute approximate surface area is 131 Å². The van der Waals surface area contributed by atoms with E-state index < -0.39 is 5.97 Å². The molecule has 0 aliphatic carbocycles. The van der Waals surface area contributed by atoms with Gasteiger partial charge in [0, 0.05) is 15.1 Å². The van der Waals surface area contributed by atoms with Crippen LogP contribution in [0, 0.1) is 11.3 Å². The van der Waals surface area contributed by atoms with Gasteiger partial charge in [-0.3, -0.25) is 0 Å². The second kappa shape index (κ2) is 6.03. The van der Waals surface area contributed by atoms with Gasteiger partial charge in [-0.1, -0.05) is 15.9 Å². The first-order valence-corrected chi connectivity index (χ1v) is 6.95. The van der Waals surface area contributed by atoms with Crippen LogP contribution in [0.25, 0.3) is 0 Å². The molecule has 0 amide bonds. The van der Waals surface area contributed by atoms with E-state index in [-0.39, 0.29) is 11.4 Å². The normalized spacial score (nSPS) is 9.85. The highest BCUT2D eigenvalue weighted by atomic mass is 79.9. The third kappa shape index (κ3) is 3.15. The summed E-state index contributed by atoms with van der Waals surface area (Å²) in [7, 11) is 0. The van der Waals surface area contributed by atoms with E-state index in [2.05, 4.69) is 42.2 Å². The number of benzene rings is 1. The molecule has 0 aliphatic rings. The van der Waals surface area contributed by atoms with Crippen LogP contribution in [0.2, 0.25) is 0 Å². The number of aromatic nitrogens is 1. The van der Waals surface area contributed by atoms with Crippen molar-refractivity contribution in [1.29, 1.82) is 5.26 Å². The molecular formula is C13H7Br2N3O2. The zero-order chi connectivity index (χ0) is 14.7. The van der Waals surface area contributed by atoms with Gasteiger partial charge in [0.25, 0.3) is 0 Å². The molecule has 2 rings (SSSR count). The number of carboxylic acid groups (broad SMARTS) is 1. The third-order valence-electron chi connectivity index (χ3n) is 2.44. The number of carboxylic acids is 1. The van der Waals surface area contributed by atoms with Crippen molar-refractivity contribution in [3.05, 3.63) is 50.5 Å². The lowest BCUT2D eigenvalue weighted by molar-refractivity contribution is 0.0697. The molecule has 0 radical (unpaired) electrons. The molecule has 5 nitrogen and oxygen atoms in total. The molecule has 2 aromatic rings. The average Bonchev–Trinajstić information content (AvgIpc) is 2.41. The highest BCUT2D eigenvalue weighted by molar-refractivity contribution is 9.10. The first kappa shape index (κ1) is 14.5. The van der Waals surface area contributed by atoms with E-state index in [0.29, 0.717) is 15.7 Å². The fourth-order valence-corrected chi connectivity index (χ4v) is 2.24. The van der Waals surface area contributed by atoms with Gasteiger partial charge in [-0.25, -0.2) is 9.78 Å². The monoisotopic (exact) mass is 395 g/mol. The Morgan fingerprint density at radius 1 is 1.30 bits per heavy atom.